The van der Waals surface area contributed by atoms with Gasteiger partial charge in [-0.3, -0.25) is 9.59 Å². The van der Waals surface area contributed by atoms with Crippen LogP contribution in [-0.4, -0.2) is 46.4 Å². The van der Waals surface area contributed by atoms with E-state index < -0.39 is 17.9 Å². The van der Waals surface area contributed by atoms with Crippen molar-refractivity contribution in [1.29, 1.82) is 0 Å². The number of hydrogen-bond acceptors (Lipinski definition) is 7. The number of fused-ring (bicyclic) bond motifs is 1. The smallest absolute Gasteiger partial charge is 0.248 e. The van der Waals surface area contributed by atoms with Gasteiger partial charge in [0.05, 0.1) is 11.3 Å². The topological polar surface area (TPSA) is 132 Å². The monoisotopic (exact) mass is 387 g/mol. The minimum atomic E-state index is -0.533. The number of thioether (sulfide) groups is 1. The summed E-state index contributed by atoms with van der Waals surface area (Å²) >= 11 is 1.14. The van der Waals surface area contributed by atoms with Crippen molar-refractivity contribution in [3.8, 4) is 0 Å². The molecule has 0 radical (unpaired) electrons. The lowest BCUT2D eigenvalue weighted by Crippen LogP contribution is -2.31. The number of carbonyl (C=O) groups is 2. The summed E-state index contributed by atoms with van der Waals surface area (Å²) in [6, 6.07) is 7.28. The lowest BCUT2D eigenvalue weighted by Gasteiger charge is -2.28. The lowest BCUT2D eigenvalue weighted by atomic mass is 9.95. The number of amides is 2. The molecule has 9 nitrogen and oxygen atoms in total. The quantitative estimate of drug-likeness (QED) is 0.621. The zero-order valence-electron chi connectivity index (χ0n) is 15.3. The molecule has 2 aromatic rings. The van der Waals surface area contributed by atoms with Crippen molar-refractivity contribution in [3.63, 3.8) is 0 Å². The van der Waals surface area contributed by atoms with Gasteiger partial charge in [0.25, 0.3) is 0 Å². The highest BCUT2D eigenvalue weighted by atomic mass is 32.2. The third-order valence-electron chi connectivity index (χ3n) is 4.17. The van der Waals surface area contributed by atoms with E-state index in [1.165, 1.54) is 0 Å². The molecule has 0 spiro atoms. The number of hydrogen-bond donors (Lipinski definition) is 3. The number of nitrogens with two attached hydrogens (primary N) is 2. The van der Waals surface area contributed by atoms with Crippen LogP contribution in [0.5, 0.6) is 0 Å². The molecule has 1 aliphatic rings. The van der Waals surface area contributed by atoms with E-state index in [-0.39, 0.29) is 5.75 Å². The number of allylic oxidation sites excluding steroid dienone is 1. The zero-order chi connectivity index (χ0) is 19.7. The van der Waals surface area contributed by atoms with Gasteiger partial charge in [-0.15, -0.1) is 5.10 Å². The van der Waals surface area contributed by atoms with Crippen molar-refractivity contribution in [2.45, 2.75) is 18.1 Å². The van der Waals surface area contributed by atoms with Gasteiger partial charge in [-0.05, 0) is 24.6 Å². The van der Waals surface area contributed by atoms with E-state index in [0.29, 0.717) is 22.4 Å². The number of aromatic nitrogens is 3. The normalized spacial score (nSPS) is 15.9. The highest BCUT2D eigenvalue weighted by molar-refractivity contribution is 7.99. The van der Waals surface area contributed by atoms with Gasteiger partial charge >= 0.3 is 0 Å². The van der Waals surface area contributed by atoms with Crippen LogP contribution in [0, 0.1) is 0 Å². The third-order valence-corrected chi connectivity index (χ3v) is 5.03. The van der Waals surface area contributed by atoms with E-state index >= 15 is 0 Å². The van der Waals surface area contributed by atoms with Crippen LogP contribution in [0.4, 0.5) is 11.6 Å². The number of nitrogens with one attached hydrogen (secondary N) is 1. The standard InChI is InChI=1S/C17H21N7O2S/c1-9-13(15(19)26)14(10-4-6-11(7-5-10)23(2)3)24-16(20-9)21-17(22-24)27-8-12(18)25/h4-7,14H,8H2,1-3H3,(H2,18,25)(H2,19,26)(H,20,21,22). The molecular weight excluding hydrogens is 366 g/mol. The Labute approximate surface area is 160 Å². The second-order valence-electron chi connectivity index (χ2n) is 6.33. The number of primary amides is 2. The van der Waals surface area contributed by atoms with Gasteiger partial charge in [0.2, 0.25) is 22.9 Å². The van der Waals surface area contributed by atoms with Crippen LogP contribution in [0.3, 0.4) is 0 Å². The molecule has 0 aliphatic carbocycles. The molecule has 1 atom stereocenters. The largest absolute Gasteiger partial charge is 0.378 e. The summed E-state index contributed by atoms with van der Waals surface area (Å²) in [5.74, 6) is -0.440. The third kappa shape index (κ3) is 3.75. The van der Waals surface area contributed by atoms with Gasteiger partial charge in [0.1, 0.15) is 6.04 Å². The van der Waals surface area contributed by atoms with Crippen LogP contribution in [0.1, 0.15) is 18.5 Å². The second-order valence-corrected chi connectivity index (χ2v) is 7.28. The Morgan fingerprint density at radius 2 is 1.93 bits per heavy atom. The van der Waals surface area contributed by atoms with Gasteiger partial charge in [-0.25, -0.2) is 4.68 Å². The number of anilines is 2. The van der Waals surface area contributed by atoms with Gasteiger partial charge in [0.15, 0.2) is 0 Å². The first-order valence-electron chi connectivity index (χ1n) is 8.20. The summed E-state index contributed by atoms with van der Waals surface area (Å²) < 4.78 is 1.61. The maximum atomic E-state index is 12.1. The van der Waals surface area contributed by atoms with E-state index in [4.69, 9.17) is 11.5 Å². The van der Waals surface area contributed by atoms with E-state index in [0.717, 1.165) is 23.0 Å². The summed E-state index contributed by atoms with van der Waals surface area (Å²) in [4.78, 5) is 29.6. The molecule has 2 heterocycles. The molecular formula is C17H21N7O2S. The van der Waals surface area contributed by atoms with Crippen LogP contribution in [-0.2, 0) is 9.59 Å². The van der Waals surface area contributed by atoms with Crippen LogP contribution in [0.15, 0.2) is 40.7 Å². The van der Waals surface area contributed by atoms with E-state index in [1.54, 1.807) is 11.6 Å². The first kappa shape index (κ1) is 18.8. The number of rotatable bonds is 6. The van der Waals surface area contributed by atoms with Crippen molar-refractivity contribution >= 4 is 35.2 Å². The summed E-state index contributed by atoms with van der Waals surface area (Å²) in [5.41, 5.74) is 13.8. The molecule has 5 N–H and O–H groups in total. The van der Waals surface area contributed by atoms with E-state index in [1.807, 2.05) is 43.3 Å². The molecule has 0 saturated heterocycles. The predicted octanol–water partition coefficient (Wildman–Crippen LogP) is 0.696. The summed E-state index contributed by atoms with van der Waals surface area (Å²) in [6.07, 6.45) is 0. The molecule has 2 amide bonds. The molecule has 0 bridgehead atoms. The Bertz CT molecular complexity index is 918. The maximum absolute atomic E-state index is 12.1. The summed E-state index contributed by atoms with van der Waals surface area (Å²) in [7, 11) is 3.91. The minimum absolute atomic E-state index is 0.0702. The highest BCUT2D eigenvalue weighted by Crippen LogP contribution is 2.36. The summed E-state index contributed by atoms with van der Waals surface area (Å²) in [5, 5.41) is 7.90. The predicted molar refractivity (Wildman–Crippen MR) is 104 cm³/mol. The first-order chi connectivity index (χ1) is 12.8. The molecule has 3 rings (SSSR count). The number of carbonyl (C=O) groups excluding carboxylic acids is 2. The molecule has 1 aliphatic heterocycles. The molecule has 1 aromatic heterocycles. The Morgan fingerprint density at radius 3 is 2.48 bits per heavy atom. The molecule has 27 heavy (non-hydrogen) atoms. The Morgan fingerprint density at radius 1 is 1.26 bits per heavy atom. The Hall–Kier alpha value is -3.01. The van der Waals surface area contributed by atoms with Gasteiger partial charge < -0.3 is 21.7 Å². The van der Waals surface area contributed by atoms with Crippen LogP contribution >= 0.6 is 11.8 Å². The average molecular weight is 387 g/mol. The van der Waals surface area contributed by atoms with Gasteiger partial charge in [-0.1, -0.05) is 23.9 Å². The van der Waals surface area contributed by atoms with Gasteiger partial charge in [0, 0.05) is 25.5 Å². The van der Waals surface area contributed by atoms with E-state index in [9.17, 15) is 9.59 Å². The minimum Gasteiger partial charge on any atom is -0.378 e. The fraction of sp³-hybridized carbons (Fsp3) is 0.294. The molecule has 10 heteroatoms. The van der Waals surface area contributed by atoms with E-state index in [2.05, 4.69) is 15.4 Å². The van der Waals surface area contributed by atoms with Crippen LogP contribution in [0.25, 0.3) is 0 Å². The van der Waals surface area contributed by atoms with Crippen molar-refractivity contribution in [1.82, 2.24) is 14.8 Å². The lowest BCUT2D eigenvalue weighted by molar-refractivity contribution is -0.116. The first-order valence-corrected chi connectivity index (χ1v) is 9.19. The van der Waals surface area contributed by atoms with Crippen molar-refractivity contribution in [2.75, 3.05) is 30.1 Å². The fourth-order valence-corrected chi connectivity index (χ4v) is 3.48. The number of benzene rings is 1. The SMILES string of the molecule is CC1=C(C(N)=O)C(c2ccc(N(C)C)cc2)n2nc(SCC(N)=O)nc2N1. The Balaban J connectivity index is 2.05. The molecule has 142 valence electrons. The van der Waals surface area contributed by atoms with Gasteiger partial charge in [-0.2, -0.15) is 4.98 Å². The molecule has 0 saturated carbocycles. The molecule has 1 unspecified atom stereocenters. The highest BCUT2D eigenvalue weighted by Gasteiger charge is 2.33. The summed E-state index contributed by atoms with van der Waals surface area (Å²) in [6.45, 7) is 1.77. The van der Waals surface area contributed by atoms with Crippen molar-refractivity contribution < 1.29 is 9.59 Å². The maximum Gasteiger partial charge on any atom is 0.248 e. The van der Waals surface area contributed by atoms with Crippen molar-refractivity contribution in [2.24, 2.45) is 11.5 Å². The fourth-order valence-electron chi connectivity index (χ4n) is 2.91. The molecule has 1 aromatic carbocycles. The van der Waals surface area contributed by atoms with Crippen LogP contribution < -0.4 is 21.7 Å². The number of nitrogens with zero attached hydrogens (tertiary/aromatic N) is 4. The van der Waals surface area contributed by atoms with Crippen molar-refractivity contribution in [3.05, 3.63) is 41.1 Å². The average Bonchev–Trinajstić information content (AvgIpc) is 3.01. The Kier molecular flexibility index (Phi) is 5.08. The van der Waals surface area contributed by atoms with Crippen LogP contribution in [0.2, 0.25) is 0 Å². The zero-order valence-corrected chi connectivity index (χ0v) is 16.1. The molecule has 0 fully saturated rings. The second kappa shape index (κ2) is 7.31.